The Morgan fingerprint density at radius 2 is 0.933 bits per heavy atom. The molecule has 0 fully saturated rings. The zero-order chi connectivity index (χ0) is 44.6. The molecule has 0 aliphatic rings. The van der Waals surface area contributed by atoms with Gasteiger partial charge >= 0.3 is 57.8 Å². The van der Waals surface area contributed by atoms with Gasteiger partial charge in [0.2, 0.25) is 11.8 Å². The third-order valence-corrected chi connectivity index (χ3v) is 9.06. The van der Waals surface area contributed by atoms with Crippen LogP contribution in [-0.2, 0) is 55.6 Å². The number of amides is 2. The summed E-state index contributed by atoms with van der Waals surface area (Å²) in [4.78, 5) is 21.2. The summed E-state index contributed by atoms with van der Waals surface area (Å²) >= 11 is -0.826. The standard InChI is InChI=1S/2C20H18F3.C6H12BN2O2.2ClH.Zr/c2*1-13(2)10-14-11-15-6-5-8-16(18(15)12-14)17-7-3-4-9-19(17)20(21,22)23;1-3-5(10)8-7-9-6(11)4-2;;;/h2*3-9,11-13H,10H2,1-2H3;3-4H2,1-2H3,(H,8,10)(H,9,11);2*1H;/q2*-1;;;;+4/p-2. The summed E-state index contributed by atoms with van der Waals surface area (Å²) in [6.45, 7) is 12.0. The number of halogens is 8. The van der Waals surface area contributed by atoms with Crippen LogP contribution in [0.2, 0.25) is 0 Å². The van der Waals surface area contributed by atoms with E-state index in [4.69, 9.17) is 17.0 Å². The van der Waals surface area contributed by atoms with Crippen molar-refractivity contribution in [3.63, 3.8) is 0 Å². The second-order valence-electron chi connectivity index (χ2n) is 14.7. The van der Waals surface area contributed by atoms with Gasteiger partial charge in [-0.15, -0.1) is 69.1 Å². The number of hydrogen-bond acceptors (Lipinski definition) is 2. The summed E-state index contributed by atoms with van der Waals surface area (Å²) < 4.78 is 79.9. The molecule has 4 nitrogen and oxygen atoms in total. The van der Waals surface area contributed by atoms with E-state index in [1.54, 1.807) is 50.2 Å². The van der Waals surface area contributed by atoms with Crippen LogP contribution < -0.4 is 10.5 Å². The van der Waals surface area contributed by atoms with Gasteiger partial charge in [0.25, 0.3) is 0 Å². The van der Waals surface area contributed by atoms with Gasteiger partial charge < -0.3 is 10.5 Å². The fraction of sp³-hybridized carbons (Fsp3) is 0.304. The minimum absolute atomic E-state index is 0.110. The molecule has 0 aromatic heterocycles. The number of hydrogen-bond donors (Lipinski definition) is 2. The molecule has 6 aromatic rings. The molecule has 2 N–H and O–H groups in total. The van der Waals surface area contributed by atoms with Crippen LogP contribution in [0.15, 0.2) is 109 Å². The van der Waals surface area contributed by atoms with Crippen molar-refractivity contribution in [1.29, 1.82) is 0 Å². The topological polar surface area (TPSA) is 58.2 Å². The average molecular weight is 948 g/mol. The van der Waals surface area contributed by atoms with E-state index in [0.29, 0.717) is 35.8 Å². The molecule has 0 saturated heterocycles. The van der Waals surface area contributed by atoms with E-state index in [0.717, 1.165) is 46.5 Å². The van der Waals surface area contributed by atoms with Crippen LogP contribution in [-0.4, -0.2) is 19.4 Å². The van der Waals surface area contributed by atoms with Crippen LogP contribution in [0.5, 0.6) is 0 Å². The molecule has 0 saturated carbocycles. The van der Waals surface area contributed by atoms with Gasteiger partial charge in [0.05, 0.1) is 11.1 Å². The Balaban J connectivity index is 0.000000247. The molecular weight excluding hydrogens is 899 g/mol. The van der Waals surface area contributed by atoms with Crippen molar-refractivity contribution < 1.29 is 56.8 Å². The van der Waals surface area contributed by atoms with Crippen LogP contribution in [0.25, 0.3) is 43.8 Å². The molecule has 60 heavy (non-hydrogen) atoms. The molecule has 6 aromatic carbocycles. The normalized spacial score (nSPS) is 11.1. The Labute approximate surface area is 368 Å². The van der Waals surface area contributed by atoms with Gasteiger partial charge in [-0.25, -0.2) is 0 Å². The van der Waals surface area contributed by atoms with Gasteiger partial charge in [-0.2, -0.15) is 38.5 Å². The first-order valence-electron chi connectivity index (χ1n) is 19.4. The molecule has 0 atom stereocenters. The Hall–Kier alpha value is -3.85. The number of nitrogens with one attached hydrogen (secondary N) is 2. The van der Waals surface area contributed by atoms with Crippen molar-refractivity contribution in [3.05, 3.63) is 131 Å². The van der Waals surface area contributed by atoms with Crippen molar-refractivity contribution in [2.75, 3.05) is 0 Å². The van der Waals surface area contributed by atoms with Gasteiger partial charge in [0, 0.05) is 12.8 Å². The van der Waals surface area contributed by atoms with E-state index in [1.165, 1.54) is 30.8 Å². The molecule has 0 aliphatic carbocycles. The van der Waals surface area contributed by atoms with Gasteiger partial charge in [-0.05, 0) is 47.9 Å². The van der Waals surface area contributed by atoms with Crippen molar-refractivity contribution in [2.45, 2.75) is 79.6 Å². The SMILES string of the molecule is CC(C)Cc1cc2c(-c3ccccc3C(F)(F)F)cccc2[cH-]1.CC(C)Cc1cc2c(-c3ccccc3C(F)(F)F)cccc2[cH-]1.CCC(=O)N[B]NC(=O)CC.[Cl][Zr+2][Cl]. The van der Waals surface area contributed by atoms with Gasteiger partial charge in [0.15, 0.2) is 0 Å². The zero-order valence-electron chi connectivity index (χ0n) is 34.3. The van der Waals surface area contributed by atoms with Crippen LogP contribution in [0, 0.1) is 11.8 Å². The molecule has 0 spiro atoms. The molecular formula is C46H48BCl2F6N2O2Zr. The molecule has 2 amide bonds. The Morgan fingerprint density at radius 1 is 0.600 bits per heavy atom. The molecule has 0 unspecified atom stereocenters. The van der Waals surface area contributed by atoms with Gasteiger partial charge in [0.1, 0.15) is 0 Å². The number of carbonyl (C=O) groups is 2. The van der Waals surface area contributed by atoms with E-state index in [9.17, 15) is 35.9 Å². The van der Waals surface area contributed by atoms with Crippen LogP contribution in [0.3, 0.4) is 0 Å². The number of carbonyl (C=O) groups excluding carboxylic acids is 2. The minimum atomic E-state index is -4.36. The number of fused-ring (bicyclic) bond motifs is 2. The second kappa shape index (κ2) is 24.0. The maximum absolute atomic E-state index is 13.3. The maximum atomic E-state index is 13.3. The Bertz CT molecular complexity index is 2130. The number of benzene rings is 4. The summed E-state index contributed by atoms with van der Waals surface area (Å²) in [5.41, 5.74) is 2.95. The number of alkyl halides is 6. The molecule has 6 rings (SSSR count). The van der Waals surface area contributed by atoms with E-state index in [1.807, 2.05) is 36.4 Å². The van der Waals surface area contributed by atoms with Crippen molar-refractivity contribution in [3.8, 4) is 22.3 Å². The number of rotatable bonds is 10. The zero-order valence-corrected chi connectivity index (χ0v) is 38.3. The molecule has 14 heteroatoms. The van der Waals surface area contributed by atoms with Crippen molar-refractivity contribution in [2.24, 2.45) is 11.8 Å². The summed E-state index contributed by atoms with van der Waals surface area (Å²) in [6.07, 6.45) is -6.03. The van der Waals surface area contributed by atoms with E-state index >= 15 is 0 Å². The van der Waals surface area contributed by atoms with Gasteiger partial charge in [-0.3, -0.25) is 9.59 Å². The molecule has 0 heterocycles. The predicted octanol–water partition coefficient (Wildman–Crippen LogP) is 13.8. The molecule has 317 valence electrons. The summed E-state index contributed by atoms with van der Waals surface area (Å²) in [5, 5.41) is 8.57. The van der Waals surface area contributed by atoms with Crippen LogP contribution in [0.1, 0.15) is 76.6 Å². The predicted molar refractivity (Wildman–Crippen MR) is 231 cm³/mol. The Morgan fingerprint density at radius 3 is 1.25 bits per heavy atom. The van der Waals surface area contributed by atoms with E-state index < -0.39 is 44.3 Å². The van der Waals surface area contributed by atoms with Crippen molar-refractivity contribution >= 4 is 57.9 Å². The fourth-order valence-corrected chi connectivity index (χ4v) is 6.57. The molecule has 0 bridgehead atoms. The Kier molecular flexibility index (Phi) is 20.2. The average Bonchev–Trinajstić information content (AvgIpc) is 3.80. The summed E-state index contributed by atoms with van der Waals surface area (Å²) in [6, 6.07) is 30.9. The van der Waals surface area contributed by atoms with Crippen LogP contribution >= 0.6 is 17.0 Å². The van der Waals surface area contributed by atoms with E-state index in [-0.39, 0.29) is 22.9 Å². The summed E-state index contributed by atoms with van der Waals surface area (Å²) in [5.74, 6) is 0.804. The fourth-order valence-electron chi connectivity index (χ4n) is 6.57. The van der Waals surface area contributed by atoms with Crippen molar-refractivity contribution in [1.82, 2.24) is 10.5 Å². The first kappa shape index (κ1) is 50.5. The van der Waals surface area contributed by atoms with Gasteiger partial charge in [-0.1, -0.05) is 101 Å². The third kappa shape index (κ3) is 15.3. The first-order chi connectivity index (χ1) is 28.3. The third-order valence-electron chi connectivity index (χ3n) is 9.06. The quantitative estimate of drug-likeness (QED) is 0.0817. The summed E-state index contributed by atoms with van der Waals surface area (Å²) in [7, 11) is 11.1. The van der Waals surface area contributed by atoms with Crippen LogP contribution in [0.4, 0.5) is 26.3 Å². The monoisotopic (exact) mass is 945 g/mol. The van der Waals surface area contributed by atoms with E-state index in [2.05, 4.69) is 50.3 Å². The first-order valence-corrected chi connectivity index (χ1v) is 25.7. The second-order valence-corrected chi connectivity index (χ2v) is 18.4. The molecule has 0 aliphatic heterocycles. The molecule has 1 radical (unpaired) electrons.